The average molecular weight is 620 g/mol. The molecule has 2 N–H and O–H groups in total. The van der Waals surface area contributed by atoms with Crippen molar-refractivity contribution in [2.75, 3.05) is 0 Å². The molecule has 0 aliphatic rings. The van der Waals surface area contributed by atoms with Crippen LogP contribution in [0, 0.1) is 0 Å². The van der Waals surface area contributed by atoms with Gasteiger partial charge in [0.1, 0.15) is 30.8 Å². The first kappa shape index (κ1) is 31.6. The summed E-state index contributed by atoms with van der Waals surface area (Å²) in [6.07, 6.45) is -0.913. The normalized spacial score (nSPS) is 12.1. The molecule has 0 aliphatic heterocycles. The molecule has 2 amide bonds. The van der Waals surface area contributed by atoms with Crippen molar-refractivity contribution in [3.05, 3.63) is 132 Å². The molecule has 1 aromatic heterocycles. The Morgan fingerprint density at radius 3 is 1.87 bits per heavy atom. The van der Waals surface area contributed by atoms with E-state index >= 15 is 0 Å². The van der Waals surface area contributed by atoms with Crippen molar-refractivity contribution in [1.29, 1.82) is 0 Å². The number of esters is 1. The van der Waals surface area contributed by atoms with Crippen LogP contribution in [-0.4, -0.2) is 51.0 Å². The molecule has 0 spiro atoms. The molecule has 4 aromatic carbocycles. The van der Waals surface area contributed by atoms with E-state index in [-0.39, 0.29) is 32.5 Å². The topological polar surface area (TPSA) is 142 Å². The predicted octanol–water partition coefficient (Wildman–Crippen LogP) is 4.62. The number of fused-ring (bicyclic) bond motifs is 1. The molecule has 0 radical (unpaired) electrons. The summed E-state index contributed by atoms with van der Waals surface area (Å²) >= 11 is 0. The van der Waals surface area contributed by atoms with Gasteiger partial charge in [0.2, 0.25) is 5.91 Å². The number of ether oxygens (including phenoxy) is 2. The van der Waals surface area contributed by atoms with Gasteiger partial charge in [0.05, 0.1) is 5.52 Å². The molecule has 0 aliphatic carbocycles. The fourth-order valence-corrected chi connectivity index (χ4v) is 4.75. The quantitative estimate of drug-likeness (QED) is 0.182. The molecule has 234 valence electrons. The van der Waals surface area contributed by atoms with E-state index in [1.807, 2.05) is 91.0 Å². The van der Waals surface area contributed by atoms with Crippen LogP contribution in [0.15, 0.2) is 115 Å². The first-order valence-electron chi connectivity index (χ1n) is 14.8. The standard InChI is InChI=1S/C35H33N5O6/c41-32(45-23-26-14-6-2-7-15-26)21-20-29(34(43)40-31-19-11-10-18-28(31)38-39-40)36-33(42)30(22-25-12-4-1-5-13-25)37-35(44)46-24-27-16-8-3-9-17-27/h1-19,29-30H,20-24H2,(H,36,42)(H,37,44)/t29-,30-/m0/s1. The van der Waals surface area contributed by atoms with Gasteiger partial charge in [-0.15, -0.1) is 5.10 Å². The molecule has 0 unspecified atom stereocenters. The highest BCUT2D eigenvalue weighted by molar-refractivity contribution is 5.96. The van der Waals surface area contributed by atoms with Gasteiger partial charge in [-0.2, -0.15) is 4.68 Å². The number of carbonyl (C=O) groups excluding carboxylic acids is 4. The minimum atomic E-state index is -1.19. The number of rotatable bonds is 13. The van der Waals surface area contributed by atoms with E-state index in [2.05, 4.69) is 20.9 Å². The first-order valence-corrected chi connectivity index (χ1v) is 14.8. The van der Waals surface area contributed by atoms with E-state index in [0.717, 1.165) is 21.4 Å². The summed E-state index contributed by atoms with van der Waals surface area (Å²) < 4.78 is 11.9. The number of carbonyl (C=O) groups is 4. The Balaban J connectivity index is 1.31. The molecular formula is C35H33N5O6. The van der Waals surface area contributed by atoms with Crippen LogP contribution in [0.3, 0.4) is 0 Å². The van der Waals surface area contributed by atoms with Gasteiger partial charge in [-0.3, -0.25) is 14.4 Å². The third-order valence-corrected chi connectivity index (χ3v) is 7.16. The number of benzene rings is 4. The van der Waals surface area contributed by atoms with Crippen LogP contribution in [-0.2, 0) is 38.7 Å². The second-order valence-electron chi connectivity index (χ2n) is 10.5. The van der Waals surface area contributed by atoms with Crippen molar-refractivity contribution >= 4 is 34.9 Å². The van der Waals surface area contributed by atoms with Crippen LogP contribution >= 0.6 is 0 Å². The van der Waals surface area contributed by atoms with E-state index < -0.39 is 36.0 Å². The molecular weight excluding hydrogens is 586 g/mol. The summed E-state index contributed by atoms with van der Waals surface area (Å²) in [4.78, 5) is 53.1. The molecule has 5 rings (SSSR count). The van der Waals surface area contributed by atoms with E-state index in [1.54, 1.807) is 24.3 Å². The monoisotopic (exact) mass is 619 g/mol. The lowest BCUT2D eigenvalue weighted by Crippen LogP contribution is -2.53. The van der Waals surface area contributed by atoms with E-state index in [0.29, 0.717) is 11.0 Å². The molecule has 5 aromatic rings. The summed E-state index contributed by atoms with van der Waals surface area (Å²) in [7, 11) is 0. The average Bonchev–Trinajstić information content (AvgIpc) is 3.53. The molecule has 0 bridgehead atoms. The van der Waals surface area contributed by atoms with Crippen LogP contribution in [0.25, 0.3) is 11.0 Å². The van der Waals surface area contributed by atoms with Crippen LogP contribution in [0.5, 0.6) is 0 Å². The molecule has 46 heavy (non-hydrogen) atoms. The Morgan fingerprint density at radius 1 is 0.652 bits per heavy atom. The number of hydrogen-bond donors (Lipinski definition) is 2. The number of nitrogens with zero attached hydrogens (tertiary/aromatic N) is 3. The number of aromatic nitrogens is 3. The van der Waals surface area contributed by atoms with Crippen LogP contribution in [0.1, 0.15) is 34.3 Å². The zero-order valence-electron chi connectivity index (χ0n) is 25.0. The minimum absolute atomic E-state index is 0.0118. The van der Waals surface area contributed by atoms with Crippen molar-refractivity contribution in [1.82, 2.24) is 25.6 Å². The highest BCUT2D eigenvalue weighted by Crippen LogP contribution is 2.14. The number of amides is 2. The van der Waals surface area contributed by atoms with Gasteiger partial charge in [-0.05, 0) is 35.2 Å². The smallest absolute Gasteiger partial charge is 0.408 e. The highest BCUT2D eigenvalue weighted by Gasteiger charge is 2.30. The highest BCUT2D eigenvalue weighted by atomic mass is 16.5. The molecule has 2 atom stereocenters. The van der Waals surface area contributed by atoms with E-state index in [9.17, 15) is 19.2 Å². The Kier molecular flexibility index (Phi) is 10.8. The van der Waals surface area contributed by atoms with Crippen molar-refractivity contribution in [2.45, 2.75) is 44.6 Å². The molecule has 0 saturated carbocycles. The van der Waals surface area contributed by atoms with Gasteiger partial charge >= 0.3 is 12.1 Å². The van der Waals surface area contributed by atoms with Crippen molar-refractivity contribution in [3.8, 4) is 0 Å². The molecule has 1 heterocycles. The largest absolute Gasteiger partial charge is 0.461 e. The summed E-state index contributed by atoms with van der Waals surface area (Å²) in [5, 5.41) is 13.4. The summed E-state index contributed by atoms with van der Waals surface area (Å²) in [6, 6.07) is 32.1. The first-order chi connectivity index (χ1) is 22.5. The maximum absolute atomic E-state index is 13.8. The van der Waals surface area contributed by atoms with Gasteiger partial charge in [-0.1, -0.05) is 108 Å². The molecule has 0 saturated heterocycles. The molecule has 0 fully saturated rings. The predicted molar refractivity (Wildman–Crippen MR) is 169 cm³/mol. The second-order valence-corrected chi connectivity index (χ2v) is 10.5. The SMILES string of the molecule is O=C(CC[C@H](NC(=O)[C@H](Cc1ccccc1)NC(=O)OCc1ccccc1)C(=O)n1nnc2ccccc21)OCc1ccccc1. The summed E-state index contributed by atoms with van der Waals surface area (Å²) in [6.45, 7) is 0.0877. The fourth-order valence-electron chi connectivity index (χ4n) is 4.75. The maximum atomic E-state index is 13.8. The number of nitrogens with one attached hydrogen (secondary N) is 2. The molecule has 11 heteroatoms. The second kappa shape index (κ2) is 15.8. The Morgan fingerprint density at radius 2 is 1.22 bits per heavy atom. The van der Waals surface area contributed by atoms with Crippen molar-refractivity contribution < 1.29 is 28.7 Å². The lowest BCUT2D eigenvalue weighted by Gasteiger charge is -2.23. The maximum Gasteiger partial charge on any atom is 0.408 e. The van der Waals surface area contributed by atoms with Crippen LogP contribution in [0.4, 0.5) is 4.79 Å². The lowest BCUT2D eigenvalue weighted by molar-refractivity contribution is -0.145. The lowest BCUT2D eigenvalue weighted by atomic mass is 10.0. The van der Waals surface area contributed by atoms with Gasteiger partial charge < -0.3 is 20.1 Å². The zero-order chi connectivity index (χ0) is 32.1. The zero-order valence-corrected chi connectivity index (χ0v) is 25.0. The fraction of sp³-hybridized carbons (Fsp3) is 0.200. The van der Waals surface area contributed by atoms with Crippen LogP contribution < -0.4 is 10.6 Å². The summed E-state index contributed by atoms with van der Waals surface area (Å²) in [5.41, 5.74) is 3.32. The van der Waals surface area contributed by atoms with Crippen LogP contribution in [0.2, 0.25) is 0 Å². The molecule has 11 nitrogen and oxygen atoms in total. The van der Waals surface area contributed by atoms with Gasteiger partial charge in [0, 0.05) is 12.8 Å². The van der Waals surface area contributed by atoms with Gasteiger partial charge in [0.15, 0.2) is 0 Å². The van der Waals surface area contributed by atoms with Crippen molar-refractivity contribution in [2.24, 2.45) is 0 Å². The third-order valence-electron chi connectivity index (χ3n) is 7.16. The number of para-hydroxylation sites is 1. The number of hydrogen-bond acceptors (Lipinski definition) is 8. The number of alkyl carbamates (subject to hydrolysis) is 1. The Labute approximate surface area is 265 Å². The Hall–Kier alpha value is -5.84. The van der Waals surface area contributed by atoms with E-state index in [1.165, 1.54) is 0 Å². The minimum Gasteiger partial charge on any atom is -0.461 e. The van der Waals surface area contributed by atoms with Crippen molar-refractivity contribution in [3.63, 3.8) is 0 Å². The van der Waals surface area contributed by atoms with Gasteiger partial charge in [-0.25, -0.2) is 4.79 Å². The van der Waals surface area contributed by atoms with Gasteiger partial charge in [0.25, 0.3) is 5.91 Å². The summed E-state index contributed by atoms with van der Waals surface area (Å²) in [5.74, 6) is -1.77. The Bertz CT molecular complexity index is 1760. The third kappa shape index (κ3) is 8.85. The van der Waals surface area contributed by atoms with E-state index in [4.69, 9.17) is 9.47 Å².